The second-order valence-corrected chi connectivity index (χ2v) is 8.79. The predicted octanol–water partition coefficient (Wildman–Crippen LogP) is 3.85. The van der Waals surface area contributed by atoms with E-state index < -0.39 is 11.9 Å². The van der Waals surface area contributed by atoms with Gasteiger partial charge in [0, 0.05) is 18.4 Å². The Kier molecular flexibility index (Phi) is 7.26. The van der Waals surface area contributed by atoms with Gasteiger partial charge in [0.05, 0.1) is 30.6 Å². The number of carbonyl (C=O) groups is 3. The van der Waals surface area contributed by atoms with Gasteiger partial charge in [0.25, 0.3) is 0 Å². The number of amides is 2. The number of carbonyl (C=O) groups excluding carboxylic acids is 3. The molecule has 2 amide bonds. The molecule has 0 saturated carbocycles. The summed E-state index contributed by atoms with van der Waals surface area (Å²) in [6.45, 7) is 0.308. The summed E-state index contributed by atoms with van der Waals surface area (Å²) in [5, 5.41) is 2.88. The number of benzene rings is 3. The van der Waals surface area contributed by atoms with Crippen molar-refractivity contribution in [3.63, 3.8) is 0 Å². The van der Waals surface area contributed by atoms with E-state index in [1.165, 1.54) is 7.11 Å². The Bertz CT molecular complexity index is 1320. The molecule has 0 radical (unpaired) electrons. The normalized spacial score (nSPS) is 14.9. The van der Waals surface area contributed by atoms with Crippen LogP contribution in [0.1, 0.15) is 27.4 Å². The van der Waals surface area contributed by atoms with E-state index in [-0.39, 0.29) is 11.8 Å². The van der Waals surface area contributed by atoms with Gasteiger partial charge in [-0.05, 0) is 61.6 Å². The molecule has 1 aliphatic rings. The summed E-state index contributed by atoms with van der Waals surface area (Å²) in [4.78, 5) is 45.8. The number of nitrogens with one attached hydrogen (secondary N) is 1. The van der Waals surface area contributed by atoms with Gasteiger partial charge >= 0.3 is 5.97 Å². The van der Waals surface area contributed by atoms with E-state index >= 15 is 0 Å². The second-order valence-electron chi connectivity index (χ2n) is 8.79. The number of rotatable bonds is 7. The maximum atomic E-state index is 13.1. The van der Waals surface area contributed by atoms with Gasteiger partial charge in [-0.15, -0.1) is 0 Å². The molecule has 1 aliphatic heterocycles. The third kappa shape index (κ3) is 5.18. The van der Waals surface area contributed by atoms with Gasteiger partial charge in [0.2, 0.25) is 11.8 Å². The standard InChI is InChI=1S/C28H28N4O4/c1-31(2)17-24(33)32(3)21-13-11-20(12-14-21)29-26(18-8-6-5-7-9-18)25-22-15-10-19(28(35)36-4)16-23(22)30-27(25)34/h5-16,25H,17H2,1-4H3,(H,30,34). The highest BCUT2D eigenvalue weighted by atomic mass is 16.5. The number of hydrogen-bond donors (Lipinski definition) is 1. The van der Waals surface area contributed by atoms with Crippen LogP contribution >= 0.6 is 0 Å². The molecule has 36 heavy (non-hydrogen) atoms. The van der Waals surface area contributed by atoms with Crippen LogP contribution in [-0.4, -0.2) is 63.2 Å². The maximum absolute atomic E-state index is 13.1. The molecule has 1 heterocycles. The highest BCUT2D eigenvalue weighted by molar-refractivity contribution is 6.24. The zero-order valence-electron chi connectivity index (χ0n) is 20.7. The van der Waals surface area contributed by atoms with E-state index in [4.69, 9.17) is 9.73 Å². The average molecular weight is 485 g/mol. The van der Waals surface area contributed by atoms with Crippen molar-refractivity contribution in [3.8, 4) is 0 Å². The van der Waals surface area contributed by atoms with Crippen LogP contribution in [0.25, 0.3) is 0 Å². The number of nitrogens with zero attached hydrogens (tertiary/aromatic N) is 3. The molecule has 8 nitrogen and oxygen atoms in total. The molecule has 8 heteroatoms. The zero-order chi connectivity index (χ0) is 25.8. The number of anilines is 2. The molecule has 0 bridgehead atoms. The van der Waals surface area contributed by atoms with Crippen molar-refractivity contribution in [1.82, 2.24) is 4.90 Å². The number of esters is 1. The summed E-state index contributed by atoms with van der Waals surface area (Å²) < 4.78 is 4.80. The number of fused-ring (bicyclic) bond motifs is 1. The first kappa shape index (κ1) is 24.8. The van der Waals surface area contributed by atoms with Crippen molar-refractivity contribution in [2.75, 3.05) is 45.0 Å². The molecule has 0 spiro atoms. The lowest BCUT2D eigenvalue weighted by Crippen LogP contribution is -2.34. The molecule has 184 valence electrons. The maximum Gasteiger partial charge on any atom is 0.337 e. The van der Waals surface area contributed by atoms with Gasteiger partial charge in [-0.2, -0.15) is 0 Å². The fourth-order valence-corrected chi connectivity index (χ4v) is 4.09. The summed E-state index contributed by atoms with van der Waals surface area (Å²) >= 11 is 0. The van der Waals surface area contributed by atoms with Gasteiger partial charge < -0.3 is 19.9 Å². The van der Waals surface area contributed by atoms with Crippen molar-refractivity contribution < 1.29 is 19.1 Å². The van der Waals surface area contributed by atoms with Crippen molar-refractivity contribution in [1.29, 1.82) is 0 Å². The first-order chi connectivity index (χ1) is 17.3. The van der Waals surface area contributed by atoms with E-state index in [0.717, 1.165) is 16.8 Å². The minimum atomic E-state index is -0.655. The molecule has 1 N–H and O–H groups in total. The summed E-state index contributed by atoms with van der Waals surface area (Å²) in [6.07, 6.45) is 0. The third-order valence-electron chi connectivity index (χ3n) is 5.96. The Labute approximate surface area is 210 Å². The minimum Gasteiger partial charge on any atom is -0.465 e. The topological polar surface area (TPSA) is 91.3 Å². The van der Waals surface area contributed by atoms with Crippen LogP contribution in [0.4, 0.5) is 17.1 Å². The highest BCUT2D eigenvalue weighted by Crippen LogP contribution is 2.37. The SMILES string of the molecule is COC(=O)c1ccc2c(c1)NC(=O)C2C(=Nc1ccc(N(C)C(=O)CN(C)C)cc1)c1ccccc1. The zero-order valence-corrected chi connectivity index (χ0v) is 20.7. The van der Waals surface area contributed by atoms with Gasteiger partial charge in [-0.25, -0.2) is 4.79 Å². The van der Waals surface area contributed by atoms with Crippen molar-refractivity contribution >= 4 is 40.6 Å². The Morgan fingerprint density at radius 3 is 2.28 bits per heavy atom. The fraction of sp³-hybridized carbons (Fsp3) is 0.214. The van der Waals surface area contributed by atoms with Crippen LogP contribution in [0.2, 0.25) is 0 Å². The largest absolute Gasteiger partial charge is 0.465 e. The molecule has 3 aromatic rings. The van der Waals surface area contributed by atoms with Crippen LogP contribution in [0.3, 0.4) is 0 Å². The fourth-order valence-electron chi connectivity index (χ4n) is 4.09. The molecule has 0 aliphatic carbocycles. The number of ether oxygens (including phenoxy) is 1. The third-order valence-corrected chi connectivity index (χ3v) is 5.96. The lowest BCUT2D eigenvalue weighted by Gasteiger charge is -2.20. The van der Waals surface area contributed by atoms with Crippen LogP contribution in [0, 0.1) is 0 Å². The Balaban J connectivity index is 1.71. The summed E-state index contributed by atoms with van der Waals surface area (Å²) in [7, 11) is 6.75. The number of methoxy groups -OCH3 is 1. The van der Waals surface area contributed by atoms with E-state index in [1.807, 2.05) is 73.6 Å². The van der Waals surface area contributed by atoms with E-state index in [1.54, 1.807) is 30.1 Å². The smallest absolute Gasteiger partial charge is 0.337 e. The molecule has 0 saturated heterocycles. The van der Waals surface area contributed by atoms with Crippen LogP contribution in [-0.2, 0) is 14.3 Å². The minimum absolute atomic E-state index is 0.0215. The van der Waals surface area contributed by atoms with Crippen LogP contribution in [0.15, 0.2) is 77.8 Å². The monoisotopic (exact) mass is 484 g/mol. The van der Waals surface area contributed by atoms with E-state index in [0.29, 0.717) is 29.2 Å². The van der Waals surface area contributed by atoms with Gasteiger partial charge in [-0.1, -0.05) is 36.4 Å². The summed E-state index contributed by atoms with van der Waals surface area (Å²) in [5.74, 6) is -1.37. The van der Waals surface area contributed by atoms with Gasteiger partial charge in [0.15, 0.2) is 0 Å². The second kappa shape index (κ2) is 10.5. The van der Waals surface area contributed by atoms with Crippen LogP contribution in [0.5, 0.6) is 0 Å². The Hall–Kier alpha value is -4.30. The lowest BCUT2D eigenvalue weighted by molar-refractivity contribution is -0.119. The number of hydrogen-bond acceptors (Lipinski definition) is 6. The Morgan fingerprint density at radius 1 is 0.944 bits per heavy atom. The summed E-state index contributed by atoms with van der Waals surface area (Å²) in [6, 6.07) is 21.9. The first-order valence-corrected chi connectivity index (χ1v) is 11.5. The van der Waals surface area contributed by atoms with E-state index in [2.05, 4.69) is 5.32 Å². The summed E-state index contributed by atoms with van der Waals surface area (Å²) in [5.41, 5.74) is 4.46. The first-order valence-electron chi connectivity index (χ1n) is 11.5. The van der Waals surface area contributed by atoms with Crippen molar-refractivity contribution in [3.05, 3.63) is 89.5 Å². The molecular formula is C28H28N4O4. The predicted molar refractivity (Wildman–Crippen MR) is 140 cm³/mol. The number of aliphatic imine (C=N–C) groups is 1. The van der Waals surface area contributed by atoms with E-state index in [9.17, 15) is 14.4 Å². The van der Waals surface area contributed by atoms with Crippen molar-refractivity contribution in [2.45, 2.75) is 5.92 Å². The van der Waals surface area contributed by atoms with Gasteiger partial charge in [-0.3, -0.25) is 14.6 Å². The molecule has 1 atom stereocenters. The van der Waals surface area contributed by atoms with Gasteiger partial charge in [0.1, 0.15) is 5.92 Å². The quantitative estimate of drug-likeness (QED) is 0.406. The molecule has 0 aromatic heterocycles. The molecule has 4 rings (SSSR count). The number of likely N-dealkylation sites (N-methyl/N-ethyl adjacent to an activating group) is 2. The lowest BCUT2D eigenvalue weighted by atomic mass is 9.90. The molecule has 1 unspecified atom stereocenters. The average Bonchev–Trinajstić information content (AvgIpc) is 3.21. The molecule has 0 fully saturated rings. The molecule has 3 aromatic carbocycles. The van der Waals surface area contributed by atoms with Crippen LogP contribution < -0.4 is 10.2 Å². The van der Waals surface area contributed by atoms with Crippen molar-refractivity contribution in [2.24, 2.45) is 4.99 Å². The molecular weight excluding hydrogens is 456 g/mol. The highest BCUT2D eigenvalue weighted by Gasteiger charge is 2.36. The Morgan fingerprint density at radius 2 is 1.64 bits per heavy atom.